The van der Waals surface area contributed by atoms with Crippen LogP contribution in [0.2, 0.25) is 0 Å². The molecule has 144 valence electrons. The summed E-state index contributed by atoms with van der Waals surface area (Å²) < 4.78 is 0. The molecule has 2 aromatic carbocycles. The predicted octanol–water partition coefficient (Wildman–Crippen LogP) is 4.60. The third-order valence-corrected chi connectivity index (χ3v) is 4.58. The zero-order valence-corrected chi connectivity index (χ0v) is 16.8. The van der Waals surface area contributed by atoms with E-state index in [0.29, 0.717) is 18.2 Å². The Bertz CT molecular complexity index is 926. The maximum Gasteiger partial charge on any atom is 0.273 e. The number of para-hydroxylation sites is 1. The van der Waals surface area contributed by atoms with Crippen molar-refractivity contribution in [1.29, 1.82) is 0 Å². The van der Waals surface area contributed by atoms with E-state index in [1.54, 1.807) is 6.07 Å². The number of benzene rings is 2. The highest BCUT2D eigenvalue weighted by Gasteiger charge is 2.22. The SMILES string of the molecule is Cc1cc(C(=O)N(Cc2ccccc2)C(C)C)nc(N(C)c2ccccc2)n1. The van der Waals surface area contributed by atoms with Crippen LogP contribution < -0.4 is 4.90 Å². The van der Waals surface area contributed by atoms with Gasteiger partial charge in [-0.2, -0.15) is 0 Å². The second-order valence-electron chi connectivity index (χ2n) is 7.10. The van der Waals surface area contributed by atoms with Gasteiger partial charge in [0.05, 0.1) is 0 Å². The molecule has 0 aliphatic heterocycles. The first-order chi connectivity index (χ1) is 13.5. The average Bonchev–Trinajstić information content (AvgIpc) is 2.71. The lowest BCUT2D eigenvalue weighted by Crippen LogP contribution is -2.37. The third kappa shape index (κ3) is 4.55. The summed E-state index contributed by atoms with van der Waals surface area (Å²) in [4.78, 5) is 26.1. The molecule has 28 heavy (non-hydrogen) atoms. The first-order valence-corrected chi connectivity index (χ1v) is 9.45. The van der Waals surface area contributed by atoms with Crippen LogP contribution in [-0.4, -0.2) is 33.9 Å². The molecule has 1 heterocycles. The largest absolute Gasteiger partial charge is 0.331 e. The van der Waals surface area contributed by atoms with E-state index in [-0.39, 0.29) is 11.9 Å². The maximum atomic E-state index is 13.3. The van der Waals surface area contributed by atoms with Crippen molar-refractivity contribution >= 4 is 17.5 Å². The lowest BCUT2D eigenvalue weighted by atomic mass is 10.1. The number of carbonyl (C=O) groups is 1. The number of aromatic nitrogens is 2. The van der Waals surface area contributed by atoms with Gasteiger partial charge in [-0.15, -0.1) is 0 Å². The van der Waals surface area contributed by atoms with Crippen LogP contribution in [0.3, 0.4) is 0 Å². The molecule has 0 bridgehead atoms. The summed E-state index contributed by atoms with van der Waals surface area (Å²) >= 11 is 0. The van der Waals surface area contributed by atoms with Crippen LogP contribution in [-0.2, 0) is 6.54 Å². The van der Waals surface area contributed by atoms with Crippen molar-refractivity contribution in [1.82, 2.24) is 14.9 Å². The molecule has 3 aromatic rings. The summed E-state index contributed by atoms with van der Waals surface area (Å²) in [5.74, 6) is 0.421. The van der Waals surface area contributed by atoms with Gasteiger partial charge in [-0.25, -0.2) is 9.97 Å². The summed E-state index contributed by atoms with van der Waals surface area (Å²) in [6.07, 6.45) is 0. The molecule has 0 fully saturated rings. The van der Waals surface area contributed by atoms with Gasteiger partial charge in [-0.3, -0.25) is 4.79 Å². The van der Waals surface area contributed by atoms with Gasteiger partial charge in [0.15, 0.2) is 0 Å². The van der Waals surface area contributed by atoms with Gasteiger partial charge in [-0.05, 0) is 44.5 Å². The van der Waals surface area contributed by atoms with Crippen LogP contribution in [0, 0.1) is 6.92 Å². The van der Waals surface area contributed by atoms with E-state index in [1.807, 2.05) is 98.3 Å². The number of aryl methyl sites for hydroxylation is 1. The first kappa shape index (κ1) is 19.5. The molecule has 1 amide bonds. The van der Waals surface area contributed by atoms with Gasteiger partial charge in [0.25, 0.3) is 5.91 Å². The Hall–Kier alpha value is -3.21. The highest BCUT2D eigenvalue weighted by atomic mass is 16.2. The Morgan fingerprint density at radius 2 is 1.57 bits per heavy atom. The van der Waals surface area contributed by atoms with Crippen molar-refractivity contribution in [2.75, 3.05) is 11.9 Å². The van der Waals surface area contributed by atoms with E-state index in [0.717, 1.165) is 16.9 Å². The van der Waals surface area contributed by atoms with Gasteiger partial charge in [0.2, 0.25) is 5.95 Å². The summed E-state index contributed by atoms with van der Waals surface area (Å²) in [6.45, 7) is 6.47. The predicted molar refractivity (Wildman–Crippen MR) is 113 cm³/mol. The number of amides is 1. The summed E-state index contributed by atoms with van der Waals surface area (Å²) in [7, 11) is 1.91. The van der Waals surface area contributed by atoms with Crippen molar-refractivity contribution in [2.24, 2.45) is 0 Å². The van der Waals surface area contributed by atoms with E-state index < -0.39 is 0 Å². The molecule has 0 unspecified atom stereocenters. The maximum absolute atomic E-state index is 13.3. The molecule has 0 saturated heterocycles. The summed E-state index contributed by atoms with van der Waals surface area (Å²) in [5.41, 5.74) is 3.24. The number of carbonyl (C=O) groups excluding carboxylic acids is 1. The normalized spacial score (nSPS) is 10.8. The molecule has 3 rings (SSSR count). The molecule has 5 heteroatoms. The second kappa shape index (κ2) is 8.65. The minimum atomic E-state index is -0.0907. The summed E-state index contributed by atoms with van der Waals surface area (Å²) in [6, 6.07) is 21.7. The quantitative estimate of drug-likeness (QED) is 0.632. The average molecular weight is 374 g/mol. The van der Waals surface area contributed by atoms with Gasteiger partial charge < -0.3 is 9.80 Å². The minimum Gasteiger partial charge on any atom is -0.331 e. The number of hydrogen-bond acceptors (Lipinski definition) is 4. The van der Waals surface area contributed by atoms with Crippen LogP contribution in [0.5, 0.6) is 0 Å². The monoisotopic (exact) mass is 374 g/mol. The number of hydrogen-bond donors (Lipinski definition) is 0. The van der Waals surface area contributed by atoms with Gasteiger partial charge in [-0.1, -0.05) is 48.5 Å². The standard InChI is InChI=1S/C23H26N4O/c1-17(2)27(16-19-11-7-5-8-12-19)22(28)21-15-18(3)24-23(25-21)26(4)20-13-9-6-10-14-20/h5-15,17H,16H2,1-4H3. The highest BCUT2D eigenvalue weighted by molar-refractivity contribution is 5.93. The smallest absolute Gasteiger partial charge is 0.273 e. The molecule has 0 radical (unpaired) electrons. The highest BCUT2D eigenvalue weighted by Crippen LogP contribution is 2.21. The van der Waals surface area contributed by atoms with Crippen LogP contribution >= 0.6 is 0 Å². The molecule has 0 aliphatic rings. The number of rotatable bonds is 6. The lowest BCUT2D eigenvalue weighted by Gasteiger charge is -2.27. The van der Waals surface area contributed by atoms with E-state index >= 15 is 0 Å². The Morgan fingerprint density at radius 3 is 2.18 bits per heavy atom. The Kier molecular flexibility index (Phi) is 6.04. The minimum absolute atomic E-state index is 0.0540. The molecule has 0 aliphatic carbocycles. The number of nitrogens with zero attached hydrogens (tertiary/aromatic N) is 4. The zero-order chi connectivity index (χ0) is 20.1. The Labute approximate surface area is 166 Å². The fourth-order valence-electron chi connectivity index (χ4n) is 3.00. The van der Waals surface area contributed by atoms with Crippen molar-refractivity contribution in [2.45, 2.75) is 33.4 Å². The molecule has 0 saturated carbocycles. The van der Waals surface area contributed by atoms with Gasteiger partial charge in [0, 0.05) is 31.0 Å². The molecule has 0 N–H and O–H groups in total. The summed E-state index contributed by atoms with van der Waals surface area (Å²) in [5, 5.41) is 0. The molecule has 0 spiro atoms. The van der Waals surface area contributed by atoms with Crippen LogP contribution in [0.25, 0.3) is 0 Å². The zero-order valence-electron chi connectivity index (χ0n) is 16.8. The first-order valence-electron chi connectivity index (χ1n) is 9.45. The topological polar surface area (TPSA) is 49.3 Å². The fraction of sp³-hybridized carbons (Fsp3) is 0.261. The molecule has 1 aromatic heterocycles. The molecular formula is C23H26N4O. The van der Waals surface area contributed by atoms with Crippen molar-refractivity contribution in [3.8, 4) is 0 Å². The lowest BCUT2D eigenvalue weighted by molar-refractivity contribution is 0.0684. The second-order valence-corrected chi connectivity index (χ2v) is 7.10. The van der Waals surface area contributed by atoms with Crippen molar-refractivity contribution in [3.63, 3.8) is 0 Å². The van der Waals surface area contributed by atoms with E-state index in [2.05, 4.69) is 9.97 Å². The van der Waals surface area contributed by atoms with E-state index in [1.165, 1.54) is 0 Å². The number of anilines is 2. The Morgan fingerprint density at radius 1 is 0.964 bits per heavy atom. The van der Waals surface area contributed by atoms with E-state index in [9.17, 15) is 4.79 Å². The molecular weight excluding hydrogens is 348 g/mol. The Balaban J connectivity index is 1.91. The molecule has 0 atom stereocenters. The molecule has 5 nitrogen and oxygen atoms in total. The van der Waals surface area contributed by atoms with Gasteiger partial charge >= 0.3 is 0 Å². The van der Waals surface area contributed by atoms with Crippen LogP contribution in [0.4, 0.5) is 11.6 Å². The third-order valence-electron chi connectivity index (χ3n) is 4.58. The van der Waals surface area contributed by atoms with E-state index in [4.69, 9.17) is 0 Å². The van der Waals surface area contributed by atoms with Crippen molar-refractivity contribution < 1.29 is 4.79 Å². The van der Waals surface area contributed by atoms with Crippen LogP contribution in [0.1, 0.15) is 35.6 Å². The van der Waals surface area contributed by atoms with Crippen LogP contribution in [0.15, 0.2) is 66.7 Å². The van der Waals surface area contributed by atoms with Gasteiger partial charge in [0.1, 0.15) is 5.69 Å². The van der Waals surface area contributed by atoms with Crippen molar-refractivity contribution in [3.05, 3.63) is 83.7 Å². The fourth-order valence-corrected chi connectivity index (χ4v) is 3.00.